The first kappa shape index (κ1) is 26.4. The molecule has 0 bridgehead atoms. The van der Waals surface area contributed by atoms with Gasteiger partial charge in [-0.25, -0.2) is 4.98 Å². The molecular formula is C25H37NO5. The molecule has 0 radical (unpaired) electrons. The maximum absolute atomic E-state index is 12.4. The van der Waals surface area contributed by atoms with Crippen molar-refractivity contribution in [3.63, 3.8) is 0 Å². The quantitative estimate of drug-likeness (QED) is 0.345. The molecule has 0 unspecified atom stereocenters. The Bertz CT molecular complexity index is 846. The Morgan fingerprint density at radius 1 is 1.13 bits per heavy atom. The Morgan fingerprint density at radius 3 is 2.32 bits per heavy atom. The van der Waals surface area contributed by atoms with E-state index in [1.54, 1.807) is 24.3 Å². The lowest BCUT2D eigenvalue weighted by Gasteiger charge is -2.22. The van der Waals surface area contributed by atoms with Crippen LogP contribution in [0, 0.1) is 19.8 Å². The number of esters is 1. The number of hydrogen-bond donors (Lipinski definition) is 0. The monoisotopic (exact) mass is 431 g/mol. The third-order valence-electron chi connectivity index (χ3n) is 4.63. The molecule has 0 saturated carbocycles. The minimum absolute atomic E-state index is 0. The van der Waals surface area contributed by atoms with Gasteiger partial charge in [-0.3, -0.25) is 9.59 Å². The molecule has 0 amide bonds. The van der Waals surface area contributed by atoms with Gasteiger partial charge in [-0.05, 0) is 64.8 Å². The van der Waals surface area contributed by atoms with E-state index in [-0.39, 0.29) is 25.1 Å². The lowest BCUT2D eigenvalue weighted by Crippen LogP contribution is -2.27. The van der Waals surface area contributed by atoms with Crippen LogP contribution in [0.4, 0.5) is 0 Å². The summed E-state index contributed by atoms with van der Waals surface area (Å²) in [5, 5.41) is 0. The van der Waals surface area contributed by atoms with Gasteiger partial charge in [0.25, 0.3) is 0 Å². The summed E-state index contributed by atoms with van der Waals surface area (Å²) in [5.74, 6) is 1.82. The van der Waals surface area contributed by atoms with Crippen molar-refractivity contribution >= 4 is 11.8 Å². The van der Waals surface area contributed by atoms with Crippen molar-refractivity contribution in [2.75, 3.05) is 6.61 Å². The van der Waals surface area contributed by atoms with Gasteiger partial charge in [0.05, 0.1) is 18.2 Å². The van der Waals surface area contributed by atoms with E-state index in [0.717, 1.165) is 11.5 Å². The molecule has 0 saturated heterocycles. The molecule has 6 heteroatoms. The number of oxazole rings is 1. The predicted molar refractivity (Wildman–Crippen MR) is 122 cm³/mol. The van der Waals surface area contributed by atoms with Gasteiger partial charge in [0.15, 0.2) is 11.7 Å². The fourth-order valence-corrected chi connectivity index (χ4v) is 3.04. The second-order valence-corrected chi connectivity index (χ2v) is 8.61. The fourth-order valence-electron chi connectivity index (χ4n) is 3.04. The first-order valence-electron chi connectivity index (χ1n) is 10.5. The van der Waals surface area contributed by atoms with E-state index < -0.39 is 5.60 Å². The molecule has 0 N–H and O–H groups in total. The molecule has 0 aliphatic heterocycles. The lowest BCUT2D eigenvalue weighted by atomic mass is 10.00. The number of carbonyl (C=O) groups excluding carboxylic acids is 2. The molecule has 0 fully saturated rings. The maximum Gasteiger partial charge on any atom is 0.309 e. The van der Waals surface area contributed by atoms with Crippen molar-refractivity contribution < 1.29 is 23.5 Å². The maximum atomic E-state index is 12.4. The SMILES string of the molecule is C.Cc1nc(CCOc2ccc(C(=O)CCC[C@H](C)C(=O)OC(C)(C)C)cc2)c(C)o1. The van der Waals surface area contributed by atoms with Gasteiger partial charge in [0.1, 0.15) is 17.1 Å². The zero-order valence-corrected chi connectivity index (χ0v) is 18.9. The number of aryl methyl sites for hydroxylation is 2. The number of ether oxygens (including phenoxy) is 2. The standard InChI is InChI=1S/C24H33NO5.CH4/c1-16(23(27)30-24(4,5)6)8-7-9-22(26)19-10-12-20(13-11-19)28-15-14-21-17(2)29-18(3)25-21;/h10-13,16H,7-9,14-15H2,1-6H3;1H4/t16-;/m0./s1. The zero-order valence-electron chi connectivity index (χ0n) is 18.9. The van der Waals surface area contributed by atoms with E-state index in [4.69, 9.17) is 13.9 Å². The van der Waals surface area contributed by atoms with Gasteiger partial charge in [-0.15, -0.1) is 0 Å². The smallest absolute Gasteiger partial charge is 0.309 e. The Hall–Kier alpha value is -2.63. The molecule has 1 aromatic heterocycles. The summed E-state index contributed by atoms with van der Waals surface area (Å²) in [6.07, 6.45) is 2.34. The minimum atomic E-state index is -0.488. The van der Waals surface area contributed by atoms with Gasteiger partial charge < -0.3 is 13.9 Å². The number of ketones is 1. The van der Waals surface area contributed by atoms with Crippen molar-refractivity contribution in [3.05, 3.63) is 47.2 Å². The normalized spacial score (nSPS) is 12.1. The van der Waals surface area contributed by atoms with E-state index in [1.807, 2.05) is 41.5 Å². The average molecular weight is 432 g/mol. The van der Waals surface area contributed by atoms with Crippen molar-refractivity contribution in [2.24, 2.45) is 5.92 Å². The average Bonchev–Trinajstić information content (AvgIpc) is 2.98. The molecule has 0 spiro atoms. The van der Waals surface area contributed by atoms with Crippen LogP contribution in [0.3, 0.4) is 0 Å². The van der Waals surface area contributed by atoms with Crippen LogP contribution in [0.5, 0.6) is 5.75 Å². The van der Waals surface area contributed by atoms with Crippen molar-refractivity contribution in [1.82, 2.24) is 4.98 Å². The van der Waals surface area contributed by atoms with Crippen molar-refractivity contribution in [1.29, 1.82) is 0 Å². The number of carbonyl (C=O) groups is 2. The molecule has 2 aromatic rings. The number of Topliss-reactive ketones (excluding diaryl/α,β-unsaturated/α-hetero) is 1. The zero-order chi connectivity index (χ0) is 22.3. The first-order valence-corrected chi connectivity index (χ1v) is 10.5. The molecule has 6 nitrogen and oxygen atoms in total. The van der Waals surface area contributed by atoms with Crippen LogP contribution < -0.4 is 4.74 Å². The third-order valence-corrected chi connectivity index (χ3v) is 4.63. The molecule has 1 heterocycles. The van der Waals surface area contributed by atoms with Gasteiger partial charge in [0.2, 0.25) is 0 Å². The predicted octanol–water partition coefficient (Wildman–Crippen LogP) is 5.88. The largest absolute Gasteiger partial charge is 0.493 e. The molecule has 1 atom stereocenters. The van der Waals surface area contributed by atoms with Crippen molar-refractivity contribution in [2.45, 2.75) is 80.3 Å². The summed E-state index contributed by atoms with van der Waals surface area (Å²) in [6.45, 7) is 11.6. The Morgan fingerprint density at radius 2 is 1.77 bits per heavy atom. The van der Waals surface area contributed by atoms with Gasteiger partial charge in [0, 0.05) is 25.3 Å². The van der Waals surface area contributed by atoms with Gasteiger partial charge >= 0.3 is 5.97 Å². The molecule has 0 aliphatic carbocycles. The number of hydrogen-bond acceptors (Lipinski definition) is 6. The van der Waals surface area contributed by atoms with Gasteiger partial charge in [-0.1, -0.05) is 14.4 Å². The number of aromatic nitrogens is 1. The minimum Gasteiger partial charge on any atom is -0.493 e. The van der Waals surface area contributed by atoms with E-state index in [1.165, 1.54) is 0 Å². The highest BCUT2D eigenvalue weighted by Gasteiger charge is 2.21. The van der Waals surface area contributed by atoms with Crippen LogP contribution in [0.15, 0.2) is 28.7 Å². The topological polar surface area (TPSA) is 78.6 Å². The first-order chi connectivity index (χ1) is 14.0. The number of nitrogens with zero attached hydrogens (tertiary/aromatic N) is 1. The summed E-state index contributed by atoms with van der Waals surface area (Å²) in [7, 11) is 0. The van der Waals surface area contributed by atoms with Crippen LogP contribution in [-0.2, 0) is 16.0 Å². The molecule has 1 aromatic carbocycles. The Labute approximate surface area is 186 Å². The van der Waals surface area contributed by atoms with Crippen LogP contribution >= 0.6 is 0 Å². The molecular weight excluding hydrogens is 394 g/mol. The van der Waals surface area contributed by atoms with Crippen LogP contribution in [-0.4, -0.2) is 28.9 Å². The lowest BCUT2D eigenvalue weighted by molar-refractivity contribution is -0.159. The van der Waals surface area contributed by atoms with Crippen molar-refractivity contribution in [3.8, 4) is 5.75 Å². The second-order valence-electron chi connectivity index (χ2n) is 8.61. The molecule has 172 valence electrons. The third kappa shape index (κ3) is 8.95. The number of benzene rings is 1. The molecule has 31 heavy (non-hydrogen) atoms. The number of rotatable bonds is 10. The Balaban J connectivity index is 0.00000480. The Kier molecular flexibility index (Phi) is 9.95. The highest BCUT2D eigenvalue weighted by Crippen LogP contribution is 2.18. The summed E-state index contributed by atoms with van der Waals surface area (Å²) in [4.78, 5) is 28.7. The molecule has 2 rings (SSSR count). The van der Waals surface area contributed by atoms with Crippen LogP contribution in [0.25, 0.3) is 0 Å². The molecule has 0 aliphatic rings. The summed E-state index contributed by atoms with van der Waals surface area (Å²) in [5.41, 5.74) is 1.06. The summed E-state index contributed by atoms with van der Waals surface area (Å²) in [6, 6.07) is 7.16. The highest BCUT2D eigenvalue weighted by molar-refractivity contribution is 5.96. The fraction of sp³-hybridized carbons (Fsp3) is 0.560. The van der Waals surface area contributed by atoms with E-state index >= 15 is 0 Å². The van der Waals surface area contributed by atoms with Gasteiger partial charge in [-0.2, -0.15) is 0 Å². The summed E-state index contributed by atoms with van der Waals surface area (Å²) >= 11 is 0. The van der Waals surface area contributed by atoms with E-state index in [2.05, 4.69) is 4.98 Å². The highest BCUT2D eigenvalue weighted by atomic mass is 16.6. The van der Waals surface area contributed by atoms with Crippen LogP contribution in [0.1, 0.15) is 82.1 Å². The second kappa shape index (κ2) is 11.7. The van der Waals surface area contributed by atoms with E-state index in [9.17, 15) is 9.59 Å². The summed E-state index contributed by atoms with van der Waals surface area (Å²) < 4.78 is 16.5. The van der Waals surface area contributed by atoms with E-state index in [0.29, 0.717) is 49.5 Å². The van der Waals surface area contributed by atoms with Crippen LogP contribution in [0.2, 0.25) is 0 Å².